The van der Waals surface area contributed by atoms with Crippen LogP contribution in [0.3, 0.4) is 0 Å². The smallest absolute Gasteiger partial charge is 0.226 e. The van der Waals surface area contributed by atoms with Gasteiger partial charge in [0.1, 0.15) is 17.3 Å². The molecule has 1 aromatic heterocycles. The van der Waals surface area contributed by atoms with Crippen LogP contribution in [0.4, 0.5) is 5.82 Å². The summed E-state index contributed by atoms with van der Waals surface area (Å²) < 4.78 is 0. The van der Waals surface area contributed by atoms with Gasteiger partial charge in [0.25, 0.3) is 0 Å². The van der Waals surface area contributed by atoms with Gasteiger partial charge in [0, 0.05) is 38.2 Å². The highest BCUT2D eigenvalue weighted by molar-refractivity contribution is 6.29. The van der Waals surface area contributed by atoms with Crippen LogP contribution < -0.4 is 4.90 Å². The molecule has 1 aromatic carbocycles. The van der Waals surface area contributed by atoms with Gasteiger partial charge in [-0.15, -0.1) is 0 Å². The molecule has 2 aromatic rings. The number of hydrogen-bond donors (Lipinski definition) is 0. The Labute approximate surface area is 146 Å². The molecule has 0 N–H and O–H groups in total. The number of halogens is 1. The van der Waals surface area contributed by atoms with Gasteiger partial charge in [-0.1, -0.05) is 41.9 Å². The molecule has 2 atom stereocenters. The Hall–Kier alpha value is -2.14. The van der Waals surface area contributed by atoms with Crippen LogP contribution in [0.5, 0.6) is 0 Å². The first-order valence-electron chi connectivity index (χ1n) is 8.28. The molecule has 0 radical (unpaired) electrons. The van der Waals surface area contributed by atoms with Crippen LogP contribution in [0.15, 0.2) is 42.7 Å². The highest BCUT2D eigenvalue weighted by atomic mass is 35.5. The van der Waals surface area contributed by atoms with Crippen molar-refractivity contribution < 1.29 is 4.79 Å². The number of nitrogens with zero attached hydrogens (tertiary/aromatic N) is 4. The Bertz CT molecular complexity index is 731. The zero-order valence-corrected chi connectivity index (χ0v) is 14.1. The minimum Gasteiger partial charge on any atom is -0.353 e. The van der Waals surface area contributed by atoms with Crippen molar-refractivity contribution in [3.05, 3.63) is 53.4 Å². The lowest BCUT2D eigenvalue weighted by atomic mass is 10.1. The molecule has 124 valence electrons. The van der Waals surface area contributed by atoms with E-state index in [1.54, 1.807) is 6.07 Å². The van der Waals surface area contributed by atoms with Gasteiger partial charge < -0.3 is 9.80 Å². The van der Waals surface area contributed by atoms with E-state index < -0.39 is 0 Å². The predicted molar refractivity (Wildman–Crippen MR) is 93.1 cm³/mol. The van der Waals surface area contributed by atoms with Gasteiger partial charge in [-0.05, 0) is 17.9 Å². The normalized spacial score (nSPS) is 23.2. The van der Waals surface area contributed by atoms with E-state index in [0.717, 1.165) is 38.4 Å². The molecule has 1 aliphatic heterocycles. The summed E-state index contributed by atoms with van der Waals surface area (Å²) >= 11 is 5.92. The van der Waals surface area contributed by atoms with Gasteiger partial charge in [0.05, 0.1) is 0 Å². The summed E-state index contributed by atoms with van der Waals surface area (Å²) in [6, 6.07) is 12.1. The fourth-order valence-electron chi connectivity index (χ4n) is 3.42. The van der Waals surface area contributed by atoms with Crippen LogP contribution in [0, 0.1) is 5.92 Å². The topological polar surface area (TPSA) is 49.3 Å². The van der Waals surface area contributed by atoms with Crippen LogP contribution in [-0.4, -0.2) is 47.0 Å². The van der Waals surface area contributed by atoms with E-state index in [0.29, 0.717) is 17.0 Å². The molecule has 6 heteroatoms. The molecule has 5 nitrogen and oxygen atoms in total. The van der Waals surface area contributed by atoms with E-state index in [9.17, 15) is 4.79 Å². The molecule has 2 heterocycles. The summed E-state index contributed by atoms with van der Waals surface area (Å²) in [4.78, 5) is 25.0. The maximum Gasteiger partial charge on any atom is 0.226 e. The Balaban J connectivity index is 1.34. The Morgan fingerprint density at radius 3 is 2.54 bits per heavy atom. The molecule has 1 saturated carbocycles. The van der Waals surface area contributed by atoms with E-state index in [2.05, 4.69) is 27.0 Å². The molecule has 24 heavy (non-hydrogen) atoms. The largest absolute Gasteiger partial charge is 0.353 e. The highest BCUT2D eigenvalue weighted by Gasteiger charge is 2.46. The van der Waals surface area contributed by atoms with Crippen molar-refractivity contribution in [1.29, 1.82) is 0 Å². The second-order valence-corrected chi connectivity index (χ2v) is 6.76. The third-order valence-electron chi connectivity index (χ3n) is 4.87. The summed E-state index contributed by atoms with van der Waals surface area (Å²) in [7, 11) is 0. The molecule has 2 aliphatic rings. The van der Waals surface area contributed by atoms with Crippen LogP contribution >= 0.6 is 11.6 Å². The Kier molecular flexibility index (Phi) is 4.10. The summed E-state index contributed by atoms with van der Waals surface area (Å²) in [5, 5.41) is 0.446. The van der Waals surface area contributed by atoms with Gasteiger partial charge in [-0.2, -0.15) is 0 Å². The standard InChI is InChI=1S/C18H19ClN4O/c19-16-11-17(21-12-20-16)22-6-8-23(9-7-22)18(24)15-10-14(15)13-4-2-1-3-5-13/h1-5,11-12,14-15H,6-10H2/t14-,15-/m1/s1. The van der Waals surface area contributed by atoms with Crippen molar-refractivity contribution >= 4 is 23.3 Å². The fourth-order valence-corrected chi connectivity index (χ4v) is 3.57. The van der Waals surface area contributed by atoms with Crippen molar-refractivity contribution in [2.45, 2.75) is 12.3 Å². The second-order valence-electron chi connectivity index (χ2n) is 6.37. The average Bonchev–Trinajstić information content (AvgIpc) is 3.43. The third-order valence-corrected chi connectivity index (χ3v) is 5.08. The number of hydrogen-bond acceptors (Lipinski definition) is 4. The summed E-state index contributed by atoms with van der Waals surface area (Å²) in [6.07, 6.45) is 2.45. The van der Waals surface area contributed by atoms with Gasteiger partial charge >= 0.3 is 0 Å². The molecule has 2 fully saturated rings. The van der Waals surface area contributed by atoms with Crippen molar-refractivity contribution in [3.8, 4) is 0 Å². The monoisotopic (exact) mass is 342 g/mol. The first-order chi connectivity index (χ1) is 11.7. The molecular weight excluding hydrogens is 324 g/mol. The molecule has 1 amide bonds. The summed E-state index contributed by atoms with van der Waals surface area (Å²) in [5.74, 6) is 1.68. The van der Waals surface area contributed by atoms with E-state index in [1.165, 1.54) is 11.9 Å². The zero-order chi connectivity index (χ0) is 16.5. The van der Waals surface area contributed by atoms with Crippen molar-refractivity contribution in [2.24, 2.45) is 5.92 Å². The predicted octanol–water partition coefficient (Wildman–Crippen LogP) is 2.58. The zero-order valence-electron chi connectivity index (χ0n) is 13.3. The lowest BCUT2D eigenvalue weighted by Gasteiger charge is -2.35. The lowest BCUT2D eigenvalue weighted by Crippen LogP contribution is -2.49. The van der Waals surface area contributed by atoms with E-state index in [-0.39, 0.29) is 5.92 Å². The van der Waals surface area contributed by atoms with Crippen LogP contribution in [-0.2, 0) is 4.79 Å². The Morgan fingerprint density at radius 1 is 1.08 bits per heavy atom. The van der Waals surface area contributed by atoms with E-state index in [4.69, 9.17) is 11.6 Å². The van der Waals surface area contributed by atoms with Gasteiger partial charge in [0.2, 0.25) is 5.91 Å². The van der Waals surface area contributed by atoms with Crippen LogP contribution in [0.25, 0.3) is 0 Å². The van der Waals surface area contributed by atoms with Gasteiger partial charge in [0.15, 0.2) is 0 Å². The Morgan fingerprint density at radius 2 is 1.83 bits per heavy atom. The molecule has 0 unspecified atom stereocenters. The molecule has 1 aliphatic carbocycles. The molecule has 4 rings (SSSR count). The maximum absolute atomic E-state index is 12.7. The SMILES string of the molecule is O=C([C@@H]1C[C@@H]1c1ccccc1)N1CCN(c2cc(Cl)ncn2)CC1. The number of aromatic nitrogens is 2. The number of anilines is 1. The molecule has 1 saturated heterocycles. The maximum atomic E-state index is 12.7. The van der Waals surface area contributed by atoms with Crippen molar-refractivity contribution in [2.75, 3.05) is 31.1 Å². The highest BCUT2D eigenvalue weighted by Crippen LogP contribution is 2.48. The number of amides is 1. The average molecular weight is 343 g/mol. The first-order valence-corrected chi connectivity index (χ1v) is 8.66. The number of benzene rings is 1. The van der Waals surface area contributed by atoms with E-state index >= 15 is 0 Å². The van der Waals surface area contributed by atoms with Gasteiger partial charge in [-0.25, -0.2) is 9.97 Å². The number of piperazine rings is 1. The molecule has 0 spiro atoms. The van der Waals surface area contributed by atoms with Crippen LogP contribution in [0.1, 0.15) is 17.9 Å². The second kappa shape index (κ2) is 6.40. The number of carbonyl (C=O) groups is 1. The summed E-state index contributed by atoms with van der Waals surface area (Å²) in [5.41, 5.74) is 1.28. The quantitative estimate of drug-likeness (QED) is 0.804. The van der Waals surface area contributed by atoms with Gasteiger partial charge in [-0.3, -0.25) is 4.79 Å². The minimum atomic E-state index is 0.160. The van der Waals surface area contributed by atoms with E-state index in [1.807, 2.05) is 23.1 Å². The first kappa shape index (κ1) is 15.4. The number of rotatable bonds is 3. The van der Waals surface area contributed by atoms with Crippen molar-refractivity contribution in [1.82, 2.24) is 14.9 Å². The fraction of sp³-hybridized carbons (Fsp3) is 0.389. The van der Waals surface area contributed by atoms with Crippen LogP contribution in [0.2, 0.25) is 5.15 Å². The molecular formula is C18H19ClN4O. The summed E-state index contributed by atoms with van der Waals surface area (Å²) in [6.45, 7) is 3.03. The van der Waals surface area contributed by atoms with Crippen molar-refractivity contribution in [3.63, 3.8) is 0 Å². The lowest BCUT2D eigenvalue weighted by molar-refractivity contribution is -0.133. The number of carbonyl (C=O) groups excluding carboxylic acids is 1. The minimum absolute atomic E-state index is 0.160. The third kappa shape index (κ3) is 3.08. The molecule has 0 bridgehead atoms.